The Hall–Kier alpha value is -0.680. The summed E-state index contributed by atoms with van der Waals surface area (Å²) in [7, 11) is 0. The van der Waals surface area contributed by atoms with Crippen molar-refractivity contribution in [2.45, 2.75) is 32.2 Å². The van der Waals surface area contributed by atoms with Gasteiger partial charge in [-0.1, -0.05) is 22.9 Å². The Labute approximate surface area is 121 Å². The molecule has 1 unspecified atom stereocenters. The Morgan fingerprint density at radius 3 is 2.58 bits per heavy atom. The van der Waals surface area contributed by atoms with Crippen molar-refractivity contribution in [1.82, 2.24) is 4.90 Å². The molecule has 0 radical (unpaired) electrons. The summed E-state index contributed by atoms with van der Waals surface area (Å²) in [6.45, 7) is 5.23. The molecule has 0 amide bonds. The number of hydrogen-bond acceptors (Lipinski definition) is 2. The van der Waals surface area contributed by atoms with Gasteiger partial charge in [-0.05, 0) is 44.5 Å². The van der Waals surface area contributed by atoms with Crippen molar-refractivity contribution >= 4 is 21.6 Å². The van der Waals surface area contributed by atoms with E-state index in [0.717, 1.165) is 38.9 Å². The van der Waals surface area contributed by atoms with Crippen molar-refractivity contribution in [1.29, 1.82) is 0 Å². The molecule has 1 N–H and O–H groups in total. The number of nitrogens with zero attached hydrogens (tertiary/aromatic N) is 1. The van der Waals surface area contributed by atoms with Gasteiger partial charge in [0.05, 0.1) is 0 Å². The molecule has 106 valence electrons. The van der Waals surface area contributed by atoms with Crippen LogP contribution in [0, 0.1) is 11.6 Å². The molecule has 1 heterocycles. The number of nitrogens with one attached hydrogen (secondary N) is 1. The second kappa shape index (κ2) is 6.66. The summed E-state index contributed by atoms with van der Waals surface area (Å²) in [4.78, 5) is 2.37. The first-order valence-corrected chi connectivity index (χ1v) is 7.53. The lowest BCUT2D eigenvalue weighted by Crippen LogP contribution is -2.26. The molecule has 1 aliphatic rings. The smallest absolute Gasteiger partial charge is 0.150 e. The molecule has 0 spiro atoms. The van der Waals surface area contributed by atoms with E-state index in [1.54, 1.807) is 0 Å². The Kier molecular flexibility index (Phi) is 5.16. The lowest BCUT2D eigenvalue weighted by molar-refractivity contribution is 0.300. The average Bonchev–Trinajstić information content (AvgIpc) is 2.58. The van der Waals surface area contributed by atoms with Gasteiger partial charge in [0.25, 0.3) is 0 Å². The second-order valence-corrected chi connectivity index (χ2v) is 5.87. The summed E-state index contributed by atoms with van der Waals surface area (Å²) in [6.07, 6.45) is 2.93. The Morgan fingerprint density at radius 1 is 1.26 bits per heavy atom. The van der Waals surface area contributed by atoms with Crippen molar-refractivity contribution < 1.29 is 8.78 Å². The zero-order valence-corrected chi connectivity index (χ0v) is 12.6. The number of likely N-dealkylation sites (tertiary alicyclic amines) is 1. The van der Waals surface area contributed by atoms with Gasteiger partial charge in [0.1, 0.15) is 17.3 Å². The minimum absolute atomic E-state index is 0.00171. The van der Waals surface area contributed by atoms with Crippen molar-refractivity contribution in [3.63, 3.8) is 0 Å². The van der Waals surface area contributed by atoms with E-state index in [-0.39, 0.29) is 11.7 Å². The first-order valence-electron chi connectivity index (χ1n) is 6.73. The lowest BCUT2D eigenvalue weighted by Gasteiger charge is -2.20. The predicted octanol–water partition coefficient (Wildman–Crippen LogP) is 4.01. The third kappa shape index (κ3) is 3.89. The van der Waals surface area contributed by atoms with E-state index in [9.17, 15) is 8.78 Å². The molecule has 0 aliphatic carbocycles. The highest BCUT2D eigenvalue weighted by molar-refractivity contribution is 9.10. The van der Waals surface area contributed by atoms with Crippen LogP contribution in [0.4, 0.5) is 14.5 Å². The van der Waals surface area contributed by atoms with Crippen molar-refractivity contribution in [2.75, 3.05) is 25.0 Å². The van der Waals surface area contributed by atoms with Gasteiger partial charge in [-0.2, -0.15) is 0 Å². The highest BCUT2D eigenvalue weighted by Gasteiger charge is 2.19. The van der Waals surface area contributed by atoms with Gasteiger partial charge in [-0.15, -0.1) is 0 Å². The van der Waals surface area contributed by atoms with Crippen molar-refractivity contribution in [3.8, 4) is 0 Å². The average molecular weight is 333 g/mol. The van der Waals surface area contributed by atoms with Gasteiger partial charge in [-0.25, -0.2) is 8.78 Å². The molecule has 1 aromatic carbocycles. The van der Waals surface area contributed by atoms with Crippen LogP contribution in [0.1, 0.15) is 26.2 Å². The summed E-state index contributed by atoms with van der Waals surface area (Å²) in [5.41, 5.74) is -0.00171. The SMILES string of the molecule is CCN1CCCC(Nc2c(F)cc(Br)cc2F)CC1. The van der Waals surface area contributed by atoms with E-state index >= 15 is 0 Å². The molecule has 1 atom stereocenters. The largest absolute Gasteiger partial charge is 0.378 e. The van der Waals surface area contributed by atoms with E-state index in [1.165, 1.54) is 12.1 Å². The molecule has 5 heteroatoms. The van der Waals surface area contributed by atoms with Crippen molar-refractivity contribution in [3.05, 3.63) is 28.2 Å². The molecule has 0 saturated carbocycles. The van der Waals surface area contributed by atoms with Gasteiger partial charge < -0.3 is 10.2 Å². The van der Waals surface area contributed by atoms with E-state index in [4.69, 9.17) is 0 Å². The first-order chi connectivity index (χ1) is 9.10. The van der Waals surface area contributed by atoms with E-state index in [0.29, 0.717) is 4.47 Å². The third-order valence-corrected chi connectivity index (χ3v) is 4.08. The number of rotatable bonds is 3. The Morgan fingerprint density at radius 2 is 1.95 bits per heavy atom. The fourth-order valence-electron chi connectivity index (χ4n) is 2.50. The molecule has 2 nitrogen and oxygen atoms in total. The van der Waals surface area contributed by atoms with Gasteiger partial charge in [0.15, 0.2) is 0 Å². The molecule has 19 heavy (non-hydrogen) atoms. The van der Waals surface area contributed by atoms with E-state index in [2.05, 4.69) is 33.1 Å². The molecule has 2 rings (SSSR count). The van der Waals surface area contributed by atoms with Crippen LogP contribution < -0.4 is 5.32 Å². The van der Waals surface area contributed by atoms with Crippen LogP contribution in [0.5, 0.6) is 0 Å². The van der Waals surface area contributed by atoms with Gasteiger partial charge in [0, 0.05) is 17.1 Å². The molecule has 0 bridgehead atoms. The summed E-state index contributed by atoms with van der Waals surface area (Å²) < 4.78 is 28.0. The first kappa shape index (κ1) is 14.7. The zero-order valence-electron chi connectivity index (χ0n) is 11.1. The Bertz CT molecular complexity index is 416. The van der Waals surface area contributed by atoms with Crippen LogP contribution in [0.3, 0.4) is 0 Å². The normalized spacial score (nSPS) is 21.2. The summed E-state index contributed by atoms with van der Waals surface area (Å²) in [5, 5.41) is 3.03. The van der Waals surface area contributed by atoms with E-state index in [1.807, 2.05) is 0 Å². The highest BCUT2D eigenvalue weighted by atomic mass is 79.9. The number of anilines is 1. The predicted molar refractivity (Wildman–Crippen MR) is 77.4 cm³/mol. The molecular formula is C14H19BrF2N2. The number of halogens is 3. The van der Waals surface area contributed by atoms with Gasteiger partial charge in [0.2, 0.25) is 0 Å². The summed E-state index contributed by atoms with van der Waals surface area (Å²) in [5.74, 6) is -1.08. The fourth-order valence-corrected chi connectivity index (χ4v) is 2.90. The highest BCUT2D eigenvalue weighted by Crippen LogP contribution is 2.26. The van der Waals surface area contributed by atoms with Gasteiger partial charge >= 0.3 is 0 Å². The molecule has 1 fully saturated rings. The topological polar surface area (TPSA) is 15.3 Å². The zero-order chi connectivity index (χ0) is 13.8. The molecule has 1 aliphatic heterocycles. The lowest BCUT2D eigenvalue weighted by atomic mass is 10.1. The maximum atomic E-state index is 13.8. The second-order valence-electron chi connectivity index (χ2n) is 4.95. The fraction of sp³-hybridized carbons (Fsp3) is 0.571. The van der Waals surface area contributed by atoms with Gasteiger partial charge in [-0.3, -0.25) is 0 Å². The quantitative estimate of drug-likeness (QED) is 0.899. The maximum Gasteiger partial charge on any atom is 0.150 e. The molecule has 1 saturated heterocycles. The standard InChI is InChI=1S/C14H19BrF2N2/c1-2-19-6-3-4-11(5-7-19)18-14-12(16)8-10(15)9-13(14)17/h8-9,11,18H,2-7H2,1H3. The minimum atomic E-state index is -0.538. The van der Waals surface area contributed by atoms with Crippen molar-refractivity contribution in [2.24, 2.45) is 0 Å². The molecular weight excluding hydrogens is 314 g/mol. The third-order valence-electron chi connectivity index (χ3n) is 3.62. The number of hydrogen-bond donors (Lipinski definition) is 1. The van der Waals surface area contributed by atoms with E-state index < -0.39 is 11.6 Å². The van der Waals surface area contributed by atoms with Crippen LogP contribution >= 0.6 is 15.9 Å². The summed E-state index contributed by atoms with van der Waals surface area (Å²) in [6, 6.07) is 2.72. The monoisotopic (exact) mass is 332 g/mol. The maximum absolute atomic E-state index is 13.8. The van der Waals surface area contributed by atoms with Crippen LogP contribution in [-0.2, 0) is 0 Å². The molecule has 0 aromatic heterocycles. The number of benzene rings is 1. The Balaban J connectivity index is 2.05. The summed E-state index contributed by atoms with van der Waals surface area (Å²) >= 11 is 3.09. The van der Waals surface area contributed by atoms with Crippen LogP contribution in [0.15, 0.2) is 16.6 Å². The van der Waals surface area contributed by atoms with Crippen LogP contribution in [0.2, 0.25) is 0 Å². The van der Waals surface area contributed by atoms with Crippen LogP contribution in [0.25, 0.3) is 0 Å². The minimum Gasteiger partial charge on any atom is -0.378 e. The molecule has 1 aromatic rings. The van der Waals surface area contributed by atoms with Crippen LogP contribution in [-0.4, -0.2) is 30.6 Å².